The van der Waals surface area contributed by atoms with E-state index in [0.29, 0.717) is 10.8 Å². The lowest BCUT2D eigenvalue weighted by atomic mass is 10.2. The van der Waals surface area contributed by atoms with Crippen LogP contribution in [0.3, 0.4) is 0 Å². The number of benzene rings is 1. The molecular formula is C13H13FN2S. The second-order valence-electron chi connectivity index (χ2n) is 4.57. The number of hydrogen-bond donors (Lipinski definition) is 1. The first-order valence-corrected chi connectivity index (χ1v) is 6.13. The van der Waals surface area contributed by atoms with E-state index in [9.17, 15) is 4.39 Å². The summed E-state index contributed by atoms with van der Waals surface area (Å²) in [6, 6.07) is 3.25. The van der Waals surface area contributed by atoms with Crippen molar-refractivity contribution in [1.29, 1.82) is 0 Å². The number of halogens is 1. The van der Waals surface area contributed by atoms with Crippen molar-refractivity contribution in [2.75, 3.05) is 0 Å². The highest BCUT2D eigenvalue weighted by Gasteiger charge is 2.25. The highest BCUT2D eigenvalue weighted by Crippen LogP contribution is 2.39. The Kier molecular flexibility index (Phi) is 2.47. The van der Waals surface area contributed by atoms with Gasteiger partial charge in [0.1, 0.15) is 5.82 Å². The zero-order chi connectivity index (χ0) is 12.0. The molecule has 1 aliphatic rings. The lowest BCUT2D eigenvalue weighted by molar-refractivity contribution is 0.600. The van der Waals surface area contributed by atoms with Gasteiger partial charge in [0.25, 0.3) is 0 Å². The van der Waals surface area contributed by atoms with Gasteiger partial charge in [0.15, 0.2) is 0 Å². The maximum Gasteiger partial charge on any atom is 0.136 e. The van der Waals surface area contributed by atoms with E-state index in [0.717, 1.165) is 16.9 Å². The van der Waals surface area contributed by atoms with Gasteiger partial charge in [-0.3, -0.25) is 0 Å². The molecule has 2 aromatic rings. The van der Waals surface area contributed by atoms with Crippen LogP contribution in [0, 0.1) is 12.7 Å². The minimum atomic E-state index is -0.280. The second-order valence-corrected chi connectivity index (χ2v) is 5.05. The molecule has 0 unspecified atom stereocenters. The van der Waals surface area contributed by atoms with Crippen molar-refractivity contribution >= 4 is 12.6 Å². The second kappa shape index (κ2) is 3.88. The summed E-state index contributed by atoms with van der Waals surface area (Å²) in [5.74, 6) is 0.351. The molecule has 1 heterocycles. The van der Waals surface area contributed by atoms with Crippen LogP contribution in [-0.4, -0.2) is 9.55 Å². The van der Waals surface area contributed by atoms with Crippen molar-refractivity contribution in [3.63, 3.8) is 0 Å². The van der Waals surface area contributed by atoms with Gasteiger partial charge in [0.05, 0.1) is 17.7 Å². The van der Waals surface area contributed by atoms with Crippen LogP contribution >= 0.6 is 12.6 Å². The molecule has 0 aliphatic heterocycles. The van der Waals surface area contributed by atoms with E-state index in [1.165, 1.54) is 18.9 Å². The average Bonchev–Trinajstić information content (AvgIpc) is 3.03. The molecule has 88 valence electrons. The van der Waals surface area contributed by atoms with Crippen molar-refractivity contribution in [2.24, 2.45) is 0 Å². The van der Waals surface area contributed by atoms with E-state index >= 15 is 0 Å². The minimum Gasteiger partial charge on any atom is -0.306 e. The zero-order valence-corrected chi connectivity index (χ0v) is 10.4. The summed E-state index contributed by atoms with van der Waals surface area (Å²) in [7, 11) is 0. The van der Waals surface area contributed by atoms with E-state index in [2.05, 4.69) is 17.6 Å². The molecule has 1 aliphatic carbocycles. The van der Waals surface area contributed by atoms with Crippen molar-refractivity contribution in [3.8, 4) is 5.69 Å². The van der Waals surface area contributed by atoms with E-state index in [1.807, 2.05) is 17.7 Å². The molecule has 1 aromatic heterocycles. The Balaban J connectivity index is 2.04. The predicted molar refractivity (Wildman–Crippen MR) is 67.5 cm³/mol. The molecule has 0 bridgehead atoms. The lowest BCUT2D eigenvalue weighted by Crippen LogP contribution is -1.95. The summed E-state index contributed by atoms with van der Waals surface area (Å²) in [5.41, 5.74) is 2.96. The van der Waals surface area contributed by atoms with Gasteiger partial charge < -0.3 is 4.57 Å². The average molecular weight is 248 g/mol. The van der Waals surface area contributed by atoms with Crippen LogP contribution in [-0.2, 0) is 0 Å². The Bertz CT molecular complexity index is 573. The first kappa shape index (κ1) is 10.8. The van der Waals surface area contributed by atoms with Gasteiger partial charge in [0.2, 0.25) is 0 Å². The third kappa shape index (κ3) is 1.97. The first-order chi connectivity index (χ1) is 8.15. The first-order valence-electron chi connectivity index (χ1n) is 5.68. The number of imidazole rings is 1. The molecule has 4 heteroatoms. The Morgan fingerprint density at radius 2 is 2.18 bits per heavy atom. The van der Waals surface area contributed by atoms with Gasteiger partial charge in [-0.1, -0.05) is 0 Å². The topological polar surface area (TPSA) is 17.8 Å². The fourth-order valence-electron chi connectivity index (χ4n) is 1.99. The summed E-state index contributed by atoms with van der Waals surface area (Å²) in [5, 5.41) is 0. The minimum absolute atomic E-state index is 0.280. The van der Waals surface area contributed by atoms with E-state index < -0.39 is 0 Å². The van der Waals surface area contributed by atoms with Gasteiger partial charge in [-0.2, -0.15) is 0 Å². The molecule has 17 heavy (non-hydrogen) atoms. The van der Waals surface area contributed by atoms with Crippen molar-refractivity contribution in [3.05, 3.63) is 41.7 Å². The normalized spacial score (nSPS) is 15.2. The van der Waals surface area contributed by atoms with E-state index in [-0.39, 0.29) is 5.82 Å². The molecule has 0 saturated heterocycles. The number of thiol groups is 1. The number of hydrogen-bond acceptors (Lipinski definition) is 2. The van der Waals surface area contributed by atoms with E-state index in [1.54, 1.807) is 12.4 Å². The van der Waals surface area contributed by atoms with Gasteiger partial charge in [-0.25, -0.2) is 9.37 Å². The fraction of sp³-hybridized carbons (Fsp3) is 0.308. The summed E-state index contributed by atoms with van der Waals surface area (Å²) < 4.78 is 15.3. The van der Waals surface area contributed by atoms with Crippen molar-refractivity contribution in [1.82, 2.24) is 9.55 Å². The maximum atomic E-state index is 13.3. The molecule has 1 aromatic carbocycles. The number of aromatic nitrogens is 2. The van der Waals surface area contributed by atoms with Crippen LogP contribution < -0.4 is 0 Å². The van der Waals surface area contributed by atoms with Crippen LogP contribution in [0.15, 0.2) is 29.6 Å². The van der Waals surface area contributed by atoms with Crippen LogP contribution in [0.4, 0.5) is 4.39 Å². The molecule has 1 saturated carbocycles. The third-order valence-corrected chi connectivity index (χ3v) is 3.48. The zero-order valence-electron chi connectivity index (χ0n) is 9.52. The predicted octanol–water partition coefficient (Wildman–Crippen LogP) is 3.49. The highest BCUT2D eigenvalue weighted by molar-refractivity contribution is 7.80. The summed E-state index contributed by atoms with van der Waals surface area (Å²) in [6.45, 7) is 1.89. The number of rotatable bonds is 2. The van der Waals surface area contributed by atoms with Crippen LogP contribution in [0.1, 0.15) is 30.0 Å². The van der Waals surface area contributed by atoms with Gasteiger partial charge >= 0.3 is 0 Å². The van der Waals surface area contributed by atoms with Crippen LogP contribution in [0.2, 0.25) is 0 Å². The Morgan fingerprint density at radius 1 is 1.41 bits per heavy atom. The molecule has 3 rings (SSSR count). The van der Waals surface area contributed by atoms with Crippen molar-refractivity contribution in [2.45, 2.75) is 30.6 Å². The number of nitrogens with zero attached hydrogens (tertiary/aromatic N) is 2. The lowest BCUT2D eigenvalue weighted by Gasteiger charge is -2.08. The molecule has 2 nitrogen and oxygen atoms in total. The molecule has 0 atom stereocenters. The van der Waals surface area contributed by atoms with Crippen molar-refractivity contribution < 1.29 is 4.39 Å². The molecule has 0 N–H and O–H groups in total. The largest absolute Gasteiger partial charge is 0.306 e. The summed E-state index contributed by atoms with van der Waals surface area (Å²) >= 11 is 4.12. The molecule has 0 amide bonds. The van der Waals surface area contributed by atoms with Gasteiger partial charge in [-0.05, 0) is 37.5 Å². The van der Waals surface area contributed by atoms with E-state index in [4.69, 9.17) is 0 Å². The summed E-state index contributed by atoms with van der Waals surface area (Å²) in [4.78, 5) is 4.76. The standard InChI is InChI=1S/C13H13FN2S/c1-8-4-10(14)13(17)5-12(8)16-6-11(15-7-16)9-2-3-9/h4-7,9,17H,2-3H2,1H3. The highest BCUT2D eigenvalue weighted by atomic mass is 32.1. The fourth-order valence-corrected chi connectivity index (χ4v) is 2.17. The Hall–Kier alpha value is -1.29. The number of aryl methyl sites for hydroxylation is 1. The Labute approximate surface area is 105 Å². The quantitative estimate of drug-likeness (QED) is 0.805. The Morgan fingerprint density at radius 3 is 2.88 bits per heavy atom. The van der Waals surface area contributed by atoms with Gasteiger partial charge in [-0.15, -0.1) is 12.6 Å². The molecule has 0 spiro atoms. The molecular weight excluding hydrogens is 235 g/mol. The molecule has 1 fully saturated rings. The monoisotopic (exact) mass is 248 g/mol. The van der Waals surface area contributed by atoms with Crippen LogP contribution in [0.25, 0.3) is 5.69 Å². The van der Waals surface area contributed by atoms with Crippen LogP contribution in [0.5, 0.6) is 0 Å². The maximum absolute atomic E-state index is 13.3. The van der Waals surface area contributed by atoms with Gasteiger partial charge in [0, 0.05) is 17.0 Å². The third-order valence-electron chi connectivity index (χ3n) is 3.14. The molecule has 0 radical (unpaired) electrons. The smallest absolute Gasteiger partial charge is 0.136 e. The SMILES string of the molecule is Cc1cc(F)c(S)cc1-n1cnc(C2CC2)c1. The summed E-state index contributed by atoms with van der Waals surface area (Å²) in [6.07, 6.45) is 6.29.